The van der Waals surface area contributed by atoms with Gasteiger partial charge in [-0.25, -0.2) is 0 Å². The van der Waals surface area contributed by atoms with Gasteiger partial charge in [-0.05, 0) is 62.1 Å². The van der Waals surface area contributed by atoms with Crippen LogP contribution in [0.5, 0.6) is 5.75 Å². The zero-order valence-electron chi connectivity index (χ0n) is 12.6. The highest BCUT2D eigenvalue weighted by Crippen LogP contribution is 2.41. The van der Waals surface area contributed by atoms with Gasteiger partial charge in [0.05, 0.1) is 6.61 Å². The lowest BCUT2D eigenvalue weighted by molar-refractivity contribution is 0.244. The van der Waals surface area contributed by atoms with Gasteiger partial charge in [0.1, 0.15) is 5.75 Å². The molecule has 3 atom stereocenters. The quantitative estimate of drug-likeness (QED) is 0.871. The monoisotopic (exact) mass is 273 g/mol. The predicted molar refractivity (Wildman–Crippen MR) is 83.3 cm³/mol. The molecule has 110 valence electrons. The summed E-state index contributed by atoms with van der Waals surface area (Å²) in [6.45, 7) is 4.32. The first-order valence-electron chi connectivity index (χ1n) is 8.33. The van der Waals surface area contributed by atoms with Gasteiger partial charge in [0.15, 0.2) is 0 Å². The molecule has 1 fully saturated rings. The third kappa shape index (κ3) is 3.01. The predicted octanol–water partition coefficient (Wildman–Crippen LogP) is 4.11. The van der Waals surface area contributed by atoms with Crippen molar-refractivity contribution >= 4 is 0 Å². The van der Waals surface area contributed by atoms with Crippen LogP contribution in [0, 0.1) is 5.92 Å². The van der Waals surface area contributed by atoms with E-state index < -0.39 is 0 Å². The number of para-hydroxylation sites is 1. The maximum absolute atomic E-state index is 5.79. The fourth-order valence-corrected chi connectivity index (χ4v) is 3.94. The second kappa shape index (κ2) is 6.62. The van der Waals surface area contributed by atoms with Crippen LogP contribution < -0.4 is 10.1 Å². The third-order valence-corrected chi connectivity index (χ3v) is 4.99. The van der Waals surface area contributed by atoms with Crippen LogP contribution in [0.2, 0.25) is 0 Å². The molecule has 0 aromatic heterocycles. The maximum atomic E-state index is 5.79. The van der Waals surface area contributed by atoms with E-state index in [1.165, 1.54) is 50.6 Å². The molecule has 0 radical (unpaired) electrons. The lowest BCUT2D eigenvalue weighted by Gasteiger charge is -2.30. The smallest absolute Gasteiger partial charge is 0.122 e. The second-order valence-corrected chi connectivity index (χ2v) is 6.36. The number of hydrogen-bond acceptors (Lipinski definition) is 2. The molecule has 1 saturated carbocycles. The van der Waals surface area contributed by atoms with E-state index in [-0.39, 0.29) is 0 Å². The van der Waals surface area contributed by atoms with E-state index >= 15 is 0 Å². The molecule has 0 bridgehead atoms. The minimum atomic E-state index is 0.703. The Bertz CT molecular complexity index is 431. The van der Waals surface area contributed by atoms with Crippen molar-refractivity contribution < 1.29 is 4.74 Å². The van der Waals surface area contributed by atoms with Crippen LogP contribution in [0.15, 0.2) is 24.3 Å². The first kappa shape index (κ1) is 13.9. The molecule has 0 spiro atoms. The zero-order chi connectivity index (χ0) is 13.8. The van der Waals surface area contributed by atoms with Crippen LogP contribution in [0.4, 0.5) is 0 Å². The summed E-state index contributed by atoms with van der Waals surface area (Å²) < 4.78 is 5.79. The van der Waals surface area contributed by atoms with E-state index in [1.54, 1.807) is 0 Å². The number of ether oxygens (including phenoxy) is 1. The molecule has 1 N–H and O–H groups in total. The van der Waals surface area contributed by atoms with Crippen LogP contribution in [-0.2, 0) is 0 Å². The largest absolute Gasteiger partial charge is 0.493 e. The molecule has 1 aliphatic carbocycles. The van der Waals surface area contributed by atoms with Crippen molar-refractivity contribution in [1.29, 1.82) is 0 Å². The zero-order valence-corrected chi connectivity index (χ0v) is 12.6. The van der Waals surface area contributed by atoms with Crippen LogP contribution >= 0.6 is 0 Å². The van der Waals surface area contributed by atoms with E-state index in [0.29, 0.717) is 5.92 Å². The highest BCUT2D eigenvalue weighted by Gasteiger charge is 2.31. The van der Waals surface area contributed by atoms with Crippen LogP contribution in [0.1, 0.15) is 56.9 Å². The van der Waals surface area contributed by atoms with Gasteiger partial charge in [0.25, 0.3) is 0 Å². The van der Waals surface area contributed by atoms with Crippen molar-refractivity contribution in [2.45, 2.75) is 57.4 Å². The standard InChI is InChI=1S/C18H27NO/c1-2-11-19-17-8-5-6-15(17)13-14-10-12-20-18-9-4-3-7-16(14)18/h3-4,7,9,14-15,17,19H,2,5-6,8,10-13H2,1H3. The first-order chi connectivity index (χ1) is 9.88. The second-order valence-electron chi connectivity index (χ2n) is 6.36. The van der Waals surface area contributed by atoms with Crippen LogP contribution in [0.3, 0.4) is 0 Å². The minimum absolute atomic E-state index is 0.703. The third-order valence-electron chi connectivity index (χ3n) is 4.99. The summed E-state index contributed by atoms with van der Waals surface area (Å²) >= 11 is 0. The Labute approximate surface area is 122 Å². The molecule has 1 aromatic carbocycles. The normalized spacial score (nSPS) is 28.9. The van der Waals surface area contributed by atoms with Gasteiger partial charge in [-0.3, -0.25) is 0 Å². The van der Waals surface area contributed by atoms with Gasteiger partial charge in [-0.1, -0.05) is 31.5 Å². The molecule has 0 saturated heterocycles. The maximum Gasteiger partial charge on any atom is 0.122 e. The molecular weight excluding hydrogens is 246 g/mol. The van der Waals surface area contributed by atoms with Crippen molar-refractivity contribution in [3.8, 4) is 5.75 Å². The summed E-state index contributed by atoms with van der Waals surface area (Å²) in [6.07, 6.45) is 7.94. The summed E-state index contributed by atoms with van der Waals surface area (Å²) in [4.78, 5) is 0. The van der Waals surface area contributed by atoms with Crippen molar-refractivity contribution in [2.24, 2.45) is 5.92 Å². The van der Waals surface area contributed by atoms with E-state index in [9.17, 15) is 0 Å². The molecule has 1 heterocycles. The Morgan fingerprint density at radius 2 is 2.10 bits per heavy atom. The number of nitrogens with one attached hydrogen (secondary N) is 1. The molecular formula is C18H27NO. The fourth-order valence-electron chi connectivity index (χ4n) is 3.94. The fraction of sp³-hybridized carbons (Fsp3) is 0.667. The molecule has 20 heavy (non-hydrogen) atoms. The van der Waals surface area contributed by atoms with Crippen molar-refractivity contribution in [1.82, 2.24) is 5.32 Å². The molecule has 2 aliphatic rings. The van der Waals surface area contributed by atoms with Gasteiger partial charge in [0.2, 0.25) is 0 Å². The van der Waals surface area contributed by atoms with Crippen molar-refractivity contribution in [3.63, 3.8) is 0 Å². The molecule has 3 unspecified atom stereocenters. The first-order valence-corrected chi connectivity index (χ1v) is 8.33. The molecule has 2 nitrogen and oxygen atoms in total. The molecule has 2 heteroatoms. The molecule has 1 aliphatic heterocycles. The SMILES string of the molecule is CCCNC1CCCC1CC1CCOc2ccccc21. The summed E-state index contributed by atoms with van der Waals surface area (Å²) in [5.74, 6) is 2.69. The average molecular weight is 273 g/mol. The Balaban J connectivity index is 1.66. The van der Waals surface area contributed by atoms with Crippen molar-refractivity contribution in [3.05, 3.63) is 29.8 Å². The van der Waals surface area contributed by atoms with Crippen molar-refractivity contribution in [2.75, 3.05) is 13.2 Å². The topological polar surface area (TPSA) is 21.3 Å². The van der Waals surface area contributed by atoms with Gasteiger partial charge in [-0.2, -0.15) is 0 Å². The summed E-state index contributed by atoms with van der Waals surface area (Å²) in [5.41, 5.74) is 1.44. The summed E-state index contributed by atoms with van der Waals surface area (Å²) in [6, 6.07) is 9.39. The van der Waals surface area contributed by atoms with E-state index in [0.717, 1.165) is 24.3 Å². The lowest BCUT2D eigenvalue weighted by atomic mass is 9.83. The Kier molecular flexibility index (Phi) is 4.62. The number of hydrogen-bond donors (Lipinski definition) is 1. The Morgan fingerprint density at radius 1 is 1.20 bits per heavy atom. The van der Waals surface area contributed by atoms with Gasteiger partial charge >= 0.3 is 0 Å². The molecule has 1 aromatic rings. The Morgan fingerprint density at radius 3 is 3.00 bits per heavy atom. The van der Waals surface area contributed by atoms with Crippen LogP contribution in [-0.4, -0.2) is 19.2 Å². The highest BCUT2D eigenvalue weighted by atomic mass is 16.5. The van der Waals surface area contributed by atoms with Gasteiger partial charge in [-0.15, -0.1) is 0 Å². The van der Waals surface area contributed by atoms with Gasteiger partial charge < -0.3 is 10.1 Å². The van der Waals surface area contributed by atoms with E-state index in [1.807, 2.05) is 0 Å². The summed E-state index contributed by atoms with van der Waals surface area (Å²) in [5, 5.41) is 3.76. The molecule has 3 rings (SSSR count). The average Bonchev–Trinajstić information content (AvgIpc) is 2.93. The number of fused-ring (bicyclic) bond motifs is 1. The molecule has 0 amide bonds. The summed E-state index contributed by atoms with van der Waals surface area (Å²) in [7, 11) is 0. The Hall–Kier alpha value is -1.02. The number of rotatable bonds is 5. The van der Waals surface area contributed by atoms with E-state index in [4.69, 9.17) is 4.74 Å². The number of benzene rings is 1. The lowest BCUT2D eigenvalue weighted by Crippen LogP contribution is -2.34. The van der Waals surface area contributed by atoms with Gasteiger partial charge in [0, 0.05) is 6.04 Å². The van der Waals surface area contributed by atoms with Crippen LogP contribution in [0.25, 0.3) is 0 Å². The minimum Gasteiger partial charge on any atom is -0.493 e. The highest BCUT2D eigenvalue weighted by molar-refractivity contribution is 5.37. The van der Waals surface area contributed by atoms with E-state index in [2.05, 4.69) is 36.5 Å².